The summed E-state index contributed by atoms with van der Waals surface area (Å²) in [6.07, 6.45) is 36.0. The van der Waals surface area contributed by atoms with Crippen molar-refractivity contribution in [3.8, 4) is 0 Å². The first-order valence-electron chi connectivity index (χ1n) is 19.0. The van der Waals surface area contributed by atoms with Crippen molar-refractivity contribution in [1.82, 2.24) is 0 Å². The molecule has 1 unspecified atom stereocenters. The number of hydrogen-bond acceptors (Lipinski definition) is 8. The van der Waals surface area contributed by atoms with Crippen LogP contribution in [0.3, 0.4) is 0 Å². The SMILES string of the molecule is CCCCC/C=C\C/C=C\C/C=C\CCCCC(=O)O[C@H](COC(=O)CCCCCCCCCCCCCC)COP(=O)(O)OCCN. The zero-order chi connectivity index (χ0) is 35.4. The van der Waals surface area contributed by atoms with E-state index in [9.17, 15) is 19.0 Å². The van der Waals surface area contributed by atoms with Crippen LogP contribution in [0, 0.1) is 0 Å². The van der Waals surface area contributed by atoms with Crippen molar-refractivity contribution in [2.75, 3.05) is 26.4 Å². The molecule has 0 saturated carbocycles. The van der Waals surface area contributed by atoms with Gasteiger partial charge in [0.25, 0.3) is 0 Å². The van der Waals surface area contributed by atoms with Gasteiger partial charge >= 0.3 is 19.8 Å². The number of carbonyl (C=O) groups is 2. The largest absolute Gasteiger partial charge is 0.472 e. The number of rotatable bonds is 35. The Balaban J connectivity index is 4.31. The topological polar surface area (TPSA) is 134 Å². The first kappa shape index (κ1) is 46.2. The highest BCUT2D eigenvalue weighted by Gasteiger charge is 2.25. The Morgan fingerprint density at radius 2 is 1.08 bits per heavy atom. The molecule has 3 N–H and O–H groups in total. The zero-order valence-electron chi connectivity index (χ0n) is 30.5. The van der Waals surface area contributed by atoms with Crippen LogP contribution in [0.15, 0.2) is 36.5 Å². The Kier molecular flexibility index (Phi) is 33.8. The fourth-order valence-electron chi connectivity index (χ4n) is 4.93. The van der Waals surface area contributed by atoms with Gasteiger partial charge in [-0.25, -0.2) is 4.57 Å². The Hall–Kier alpha value is -1.77. The molecule has 0 aliphatic heterocycles. The normalized spacial score (nSPS) is 13.8. The van der Waals surface area contributed by atoms with E-state index in [2.05, 4.69) is 50.3 Å². The molecule has 0 aromatic heterocycles. The summed E-state index contributed by atoms with van der Waals surface area (Å²) < 4.78 is 32.6. The van der Waals surface area contributed by atoms with Crippen molar-refractivity contribution in [2.24, 2.45) is 5.73 Å². The molecule has 0 amide bonds. The molecule has 10 heteroatoms. The summed E-state index contributed by atoms with van der Waals surface area (Å²) in [4.78, 5) is 34.7. The van der Waals surface area contributed by atoms with Crippen LogP contribution in [-0.2, 0) is 32.7 Å². The van der Waals surface area contributed by atoms with Crippen LogP contribution in [0.1, 0.15) is 162 Å². The molecular weight excluding hydrogens is 629 g/mol. The predicted octanol–water partition coefficient (Wildman–Crippen LogP) is 10.2. The van der Waals surface area contributed by atoms with Gasteiger partial charge < -0.3 is 20.1 Å². The number of unbranched alkanes of at least 4 members (excludes halogenated alkanes) is 16. The van der Waals surface area contributed by atoms with Gasteiger partial charge in [-0.3, -0.25) is 18.6 Å². The average Bonchev–Trinajstić information content (AvgIpc) is 3.07. The van der Waals surface area contributed by atoms with Crippen LogP contribution in [-0.4, -0.2) is 49.3 Å². The summed E-state index contributed by atoms with van der Waals surface area (Å²) in [7, 11) is -4.38. The number of phosphoric ester groups is 1. The smallest absolute Gasteiger partial charge is 0.462 e. The van der Waals surface area contributed by atoms with Crippen LogP contribution >= 0.6 is 7.82 Å². The van der Waals surface area contributed by atoms with Crippen LogP contribution in [0.2, 0.25) is 0 Å². The molecular formula is C38H70NO8P. The summed E-state index contributed by atoms with van der Waals surface area (Å²) in [6.45, 7) is 3.64. The summed E-state index contributed by atoms with van der Waals surface area (Å²) in [6, 6.07) is 0. The third kappa shape index (κ3) is 34.1. The molecule has 2 atom stereocenters. The van der Waals surface area contributed by atoms with Gasteiger partial charge in [-0.15, -0.1) is 0 Å². The van der Waals surface area contributed by atoms with Crippen molar-refractivity contribution in [3.05, 3.63) is 36.5 Å². The molecule has 0 aliphatic carbocycles. The number of esters is 2. The third-order valence-electron chi connectivity index (χ3n) is 7.78. The van der Waals surface area contributed by atoms with Gasteiger partial charge in [0.05, 0.1) is 13.2 Å². The van der Waals surface area contributed by atoms with Gasteiger partial charge in [-0.1, -0.05) is 134 Å². The fourth-order valence-corrected chi connectivity index (χ4v) is 5.70. The second-order valence-corrected chi connectivity index (χ2v) is 13.9. The molecule has 0 rings (SSSR count). The molecule has 9 nitrogen and oxygen atoms in total. The molecule has 0 radical (unpaired) electrons. The van der Waals surface area contributed by atoms with E-state index in [1.165, 1.54) is 77.0 Å². The highest BCUT2D eigenvalue weighted by atomic mass is 31.2. The minimum absolute atomic E-state index is 0.0474. The van der Waals surface area contributed by atoms with Crippen molar-refractivity contribution in [2.45, 2.75) is 168 Å². The number of carbonyl (C=O) groups excluding carboxylic acids is 2. The van der Waals surface area contributed by atoms with Gasteiger partial charge in [0.2, 0.25) is 0 Å². The van der Waals surface area contributed by atoms with E-state index in [1.807, 2.05) is 0 Å². The van der Waals surface area contributed by atoms with Gasteiger partial charge in [0.15, 0.2) is 6.10 Å². The average molecular weight is 700 g/mol. The maximum absolute atomic E-state index is 12.5. The molecule has 0 spiro atoms. The minimum atomic E-state index is -4.38. The Morgan fingerprint density at radius 3 is 1.65 bits per heavy atom. The quantitative estimate of drug-likeness (QED) is 0.0287. The highest BCUT2D eigenvalue weighted by Crippen LogP contribution is 2.43. The van der Waals surface area contributed by atoms with E-state index >= 15 is 0 Å². The van der Waals surface area contributed by atoms with Gasteiger partial charge in [-0.2, -0.15) is 0 Å². The molecule has 280 valence electrons. The van der Waals surface area contributed by atoms with E-state index in [1.54, 1.807) is 0 Å². The van der Waals surface area contributed by atoms with Crippen molar-refractivity contribution < 1.29 is 37.6 Å². The summed E-state index contributed by atoms with van der Waals surface area (Å²) in [5, 5.41) is 0. The second kappa shape index (κ2) is 35.1. The van der Waals surface area contributed by atoms with Crippen molar-refractivity contribution in [3.63, 3.8) is 0 Å². The summed E-state index contributed by atoms with van der Waals surface area (Å²) >= 11 is 0. The molecule has 0 fully saturated rings. The predicted molar refractivity (Wildman–Crippen MR) is 197 cm³/mol. The maximum Gasteiger partial charge on any atom is 0.472 e. The number of allylic oxidation sites excluding steroid dienone is 6. The Bertz CT molecular complexity index is 892. The van der Waals surface area contributed by atoms with E-state index < -0.39 is 32.5 Å². The lowest BCUT2D eigenvalue weighted by Crippen LogP contribution is -2.29. The van der Waals surface area contributed by atoms with Gasteiger partial charge in [0.1, 0.15) is 6.61 Å². The molecule has 0 bridgehead atoms. The van der Waals surface area contributed by atoms with Crippen molar-refractivity contribution >= 4 is 19.8 Å². The number of phosphoric acid groups is 1. The fraction of sp³-hybridized carbons (Fsp3) is 0.789. The number of hydrogen-bond donors (Lipinski definition) is 2. The maximum atomic E-state index is 12.5. The monoisotopic (exact) mass is 699 g/mol. The number of ether oxygens (including phenoxy) is 2. The van der Waals surface area contributed by atoms with Crippen LogP contribution < -0.4 is 5.73 Å². The summed E-state index contributed by atoms with van der Waals surface area (Å²) in [5.41, 5.74) is 5.32. The highest BCUT2D eigenvalue weighted by molar-refractivity contribution is 7.47. The van der Waals surface area contributed by atoms with E-state index in [-0.39, 0.29) is 32.6 Å². The lowest BCUT2D eigenvalue weighted by molar-refractivity contribution is -0.161. The zero-order valence-corrected chi connectivity index (χ0v) is 31.4. The van der Waals surface area contributed by atoms with Gasteiger partial charge in [0, 0.05) is 19.4 Å². The van der Waals surface area contributed by atoms with Crippen LogP contribution in [0.25, 0.3) is 0 Å². The van der Waals surface area contributed by atoms with Crippen LogP contribution in [0.4, 0.5) is 0 Å². The van der Waals surface area contributed by atoms with Crippen molar-refractivity contribution in [1.29, 1.82) is 0 Å². The lowest BCUT2D eigenvalue weighted by atomic mass is 10.0. The minimum Gasteiger partial charge on any atom is -0.462 e. The number of nitrogens with two attached hydrogens (primary N) is 1. The third-order valence-corrected chi connectivity index (χ3v) is 8.76. The van der Waals surface area contributed by atoms with Gasteiger partial charge in [-0.05, 0) is 51.4 Å². The molecule has 0 aromatic rings. The molecule has 0 heterocycles. The molecule has 0 aliphatic rings. The first-order valence-corrected chi connectivity index (χ1v) is 20.5. The van der Waals surface area contributed by atoms with E-state index in [4.69, 9.17) is 24.3 Å². The lowest BCUT2D eigenvalue weighted by Gasteiger charge is -2.19. The Morgan fingerprint density at radius 1 is 0.625 bits per heavy atom. The van der Waals surface area contributed by atoms with E-state index in [0.717, 1.165) is 51.4 Å². The first-order chi connectivity index (χ1) is 23.3. The summed E-state index contributed by atoms with van der Waals surface area (Å²) in [5.74, 6) is -0.874. The Labute approximate surface area is 293 Å². The molecule has 0 aromatic carbocycles. The van der Waals surface area contributed by atoms with Crippen LogP contribution in [0.5, 0.6) is 0 Å². The molecule has 0 saturated heterocycles. The standard InChI is InChI=1S/C38H70NO8P/c1-3-5-7-9-11-13-15-17-18-19-21-23-25-27-29-31-38(41)47-36(35-46-48(42,43)45-33-32-39)34-44-37(40)30-28-26-24-22-20-16-14-12-10-8-6-4-2/h11,13,17-18,21,23,36H,3-10,12,14-16,19-20,22,24-35,39H2,1-2H3,(H,42,43)/b13-11-,18-17-,23-21-/t36-/m1/s1. The molecule has 48 heavy (non-hydrogen) atoms. The second-order valence-electron chi connectivity index (χ2n) is 12.4. The van der Waals surface area contributed by atoms with E-state index in [0.29, 0.717) is 6.42 Å².